The van der Waals surface area contributed by atoms with Crippen LogP contribution in [-0.2, 0) is 9.59 Å². The molecule has 30 heavy (non-hydrogen) atoms. The van der Waals surface area contributed by atoms with Crippen LogP contribution in [0.2, 0.25) is 0 Å². The minimum absolute atomic E-state index is 0.239. The van der Waals surface area contributed by atoms with Gasteiger partial charge in [-0.15, -0.1) is 0 Å². The van der Waals surface area contributed by atoms with E-state index in [0.29, 0.717) is 33.8 Å². The van der Waals surface area contributed by atoms with Crippen LogP contribution in [0.1, 0.15) is 22.8 Å². The molecular formula is C21H18N3O6-. The highest BCUT2D eigenvalue weighted by Gasteiger charge is 2.28. The van der Waals surface area contributed by atoms with E-state index in [1.54, 1.807) is 43.3 Å². The standard InChI is InChI=1S/C21H19N3O6/c1-12-16(9-13-3-8-17(18(10-13)29-2)30-11-19(25)26)21(28)24(23-12)15-6-4-14(5-7-15)20(22)27/h3-10H,11H2,1-2H3,(H2,22,27)(H,25,26)/p-1/b16-9+. The van der Waals surface area contributed by atoms with Gasteiger partial charge >= 0.3 is 0 Å². The van der Waals surface area contributed by atoms with Gasteiger partial charge < -0.3 is 25.1 Å². The summed E-state index contributed by atoms with van der Waals surface area (Å²) in [5.74, 6) is -1.70. The van der Waals surface area contributed by atoms with E-state index >= 15 is 0 Å². The molecule has 1 aliphatic heterocycles. The molecule has 2 aromatic carbocycles. The predicted octanol–water partition coefficient (Wildman–Crippen LogP) is 0.729. The van der Waals surface area contributed by atoms with Crippen molar-refractivity contribution in [3.63, 3.8) is 0 Å². The quantitative estimate of drug-likeness (QED) is 0.671. The SMILES string of the molecule is COc1cc(/C=C2/C(=O)N(c3ccc(C(N)=O)cc3)N=C2C)ccc1OCC(=O)[O-]. The summed E-state index contributed by atoms with van der Waals surface area (Å²) < 4.78 is 10.3. The lowest BCUT2D eigenvalue weighted by atomic mass is 10.1. The van der Waals surface area contributed by atoms with Crippen molar-refractivity contribution in [1.82, 2.24) is 0 Å². The van der Waals surface area contributed by atoms with E-state index in [-0.39, 0.29) is 11.7 Å². The summed E-state index contributed by atoms with van der Waals surface area (Å²) in [5, 5.41) is 16.1. The Bertz CT molecular complexity index is 1070. The van der Waals surface area contributed by atoms with Crippen LogP contribution in [0.25, 0.3) is 6.08 Å². The van der Waals surface area contributed by atoms with E-state index in [9.17, 15) is 19.5 Å². The van der Waals surface area contributed by atoms with Crippen LogP contribution >= 0.6 is 0 Å². The molecule has 0 radical (unpaired) electrons. The molecular weight excluding hydrogens is 390 g/mol. The van der Waals surface area contributed by atoms with Crippen LogP contribution in [0.5, 0.6) is 11.5 Å². The van der Waals surface area contributed by atoms with Crippen molar-refractivity contribution in [1.29, 1.82) is 0 Å². The fourth-order valence-electron chi connectivity index (χ4n) is 2.82. The zero-order valence-electron chi connectivity index (χ0n) is 16.2. The molecule has 0 aromatic heterocycles. The van der Waals surface area contributed by atoms with Gasteiger partial charge in [0, 0.05) is 5.56 Å². The minimum atomic E-state index is -1.35. The highest BCUT2D eigenvalue weighted by molar-refractivity contribution is 6.32. The maximum atomic E-state index is 12.9. The minimum Gasteiger partial charge on any atom is -0.546 e. The zero-order valence-corrected chi connectivity index (χ0v) is 16.2. The molecule has 1 heterocycles. The molecule has 0 saturated carbocycles. The number of anilines is 1. The van der Waals surface area contributed by atoms with E-state index < -0.39 is 18.5 Å². The van der Waals surface area contributed by atoms with Crippen molar-refractivity contribution in [2.24, 2.45) is 10.8 Å². The van der Waals surface area contributed by atoms with Crippen LogP contribution in [0.4, 0.5) is 5.69 Å². The molecule has 0 spiro atoms. The van der Waals surface area contributed by atoms with Crippen LogP contribution in [0.3, 0.4) is 0 Å². The maximum absolute atomic E-state index is 12.9. The Morgan fingerprint density at radius 3 is 2.47 bits per heavy atom. The highest BCUT2D eigenvalue weighted by atomic mass is 16.5. The first-order chi connectivity index (χ1) is 14.3. The number of aliphatic carboxylic acids is 1. The molecule has 0 bridgehead atoms. The number of hydrogen-bond acceptors (Lipinski definition) is 7. The van der Waals surface area contributed by atoms with Gasteiger partial charge in [0.1, 0.15) is 6.61 Å². The number of hydrogen-bond donors (Lipinski definition) is 1. The summed E-state index contributed by atoms with van der Waals surface area (Å²) in [6, 6.07) is 11.0. The number of ether oxygens (including phenoxy) is 2. The number of carbonyl (C=O) groups excluding carboxylic acids is 3. The normalized spacial score (nSPS) is 14.6. The summed E-state index contributed by atoms with van der Waals surface area (Å²) in [6.07, 6.45) is 1.64. The third-order valence-corrected chi connectivity index (χ3v) is 4.30. The largest absolute Gasteiger partial charge is 0.546 e. The molecule has 1 aliphatic rings. The molecule has 9 heteroatoms. The smallest absolute Gasteiger partial charge is 0.280 e. The van der Waals surface area contributed by atoms with Gasteiger partial charge in [-0.2, -0.15) is 10.1 Å². The van der Waals surface area contributed by atoms with Crippen molar-refractivity contribution in [2.45, 2.75) is 6.92 Å². The fraction of sp³-hybridized carbons (Fsp3) is 0.143. The fourth-order valence-corrected chi connectivity index (χ4v) is 2.82. The lowest BCUT2D eigenvalue weighted by Crippen LogP contribution is -2.29. The van der Waals surface area contributed by atoms with E-state index in [2.05, 4.69) is 5.10 Å². The molecule has 2 aromatic rings. The third-order valence-electron chi connectivity index (χ3n) is 4.30. The van der Waals surface area contributed by atoms with Gasteiger partial charge in [0.15, 0.2) is 11.5 Å². The molecule has 3 rings (SSSR count). The second kappa shape index (κ2) is 8.48. The van der Waals surface area contributed by atoms with Crippen molar-refractivity contribution in [2.75, 3.05) is 18.7 Å². The van der Waals surface area contributed by atoms with Crippen LogP contribution in [0, 0.1) is 0 Å². The van der Waals surface area contributed by atoms with E-state index in [4.69, 9.17) is 15.2 Å². The van der Waals surface area contributed by atoms with E-state index in [1.807, 2.05) is 0 Å². The van der Waals surface area contributed by atoms with Crippen LogP contribution < -0.4 is 25.3 Å². The highest BCUT2D eigenvalue weighted by Crippen LogP contribution is 2.30. The average Bonchev–Trinajstić information content (AvgIpc) is 3.00. The van der Waals surface area contributed by atoms with Gasteiger partial charge in [0.05, 0.1) is 30.1 Å². The average molecular weight is 408 g/mol. The Morgan fingerprint density at radius 2 is 1.87 bits per heavy atom. The number of carboxylic acids is 1. The summed E-state index contributed by atoms with van der Waals surface area (Å²) in [4.78, 5) is 34.6. The number of benzene rings is 2. The van der Waals surface area contributed by atoms with Crippen molar-refractivity contribution in [3.05, 3.63) is 59.2 Å². The second-order valence-corrected chi connectivity index (χ2v) is 6.34. The number of hydrazone groups is 1. The van der Waals surface area contributed by atoms with Gasteiger partial charge in [-0.05, 0) is 55.0 Å². The van der Waals surface area contributed by atoms with Crippen molar-refractivity contribution in [3.8, 4) is 11.5 Å². The molecule has 0 atom stereocenters. The number of nitrogens with zero attached hydrogens (tertiary/aromatic N) is 2. The van der Waals surface area contributed by atoms with Gasteiger partial charge in [-0.1, -0.05) is 6.07 Å². The van der Waals surface area contributed by atoms with Gasteiger partial charge in [-0.3, -0.25) is 9.59 Å². The summed E-state index contributed by atoms with van der Waals surface area (Å²) in [6.45, 7) is 1.10. The lowest BCUT2D eigenvalue weighted by molar-refractivity contribution is -0.307. The van der Waals surface area contributed by atoms with Gasteiger partial charge in [0.25, 0.3) is 5.91 Å². The first kappa shape index (κ1) is 20.6. The zero-order chi connectivity index (χ0) is 21.8. The molecule has 2 amide bonds. The maximum Gasteiger partial charge on any atom is 0.280 e. The van der Waals surface area contributed by atoms with Crippen molar-refractivity contribution >= 4 is 35.3 Å². The topological polar surface area (TPSA) is 134 Å². The van der Waals surface area contributed by atoms with Crippen LogP contribution in [0.15, 0.2) is 53.1 Å². The Balaban J connectivity index is 1.85. The molecule has 2 N–H and O–H groups in total. The van der Waals surface area contributed by atoms with Gasteiger partial charge in [0.2, 0.25) is 5.91 Å². The van der Waals surface area contributed by atoms with E-state index in [0.717, 1.165) is 0 Å². The number of amides is 2. The molecule has 9 nitrogen and oxygen atoms in total. The second-order valence-electron chi connectivity index (χ2n) is 6.34. The predicted molar refractivity (Wildman–Crippen MR) is 107 cm³/mol. The first-order valence-electron chi connectivity index (χ1n) is 8.82. The molecule has 0 unspecified atom stereocenters. The Morgan fingerprint density at radius 1 is 1.17 bits per heavy atom. The Labute approximate surface area is 172 Å². The number of rotatable bonds is 7. The van der Waals surface area contributed by atoms with Crippen LogP contribution in [-0.4, -0.2) is 37.2 Å². The number of primary amides is 1. The number of methoxy groups -OCH3 is 1. The number of carbonyl (C=O) groups is 3. The Kier molecular flexibility index (Phi) is 5.82. The van der Waals surface area contributed by atoms with E-state index in [1.165, 1.54) is 24.3 Å². The van der Waals surface area contributed by atoms with Gasteiger partial charge in [-0.25, -0.2) is 0 Å². The lowest BCUT2D eigenvalue weighted by Gasteiger charge is -2.12. The molecule has 0 fully saturated rings. The summed E-state index contributed by atoms with van der Waals surface area (Å²) in [7, 11) is 1.42. The number of nitrogens with two attached hydrogens (primary N) is 1. The monoisotopic (exact) mass is 408 g/mol. The summed E-state index contributed by atoms with van der Waals surface area (Å²) in [5.41, 5.74) is 7.58. The summed E-state index contributed by atoms with van der Waals surface area (Å²) >= 11 is 0. The molecule has 0 saturated heterocycles. The Hall–Kier alpha value is -4.14. The molecule has 0 aliphatic carbocycles. The molecule has 154 valence electrons. The third kappa shape index (κ3) is 4.30. The number of carboxylic acid groups (broad SMARTS) is 1. The van der Waals surface area contributed by atoms with Crippen molar-refractivity contribution < 1.29 is 29.0 Å². The first-order valence-corrected chi connectivity index (χ1v) is 8.82.